The predicted octanol–water partition coefficient (Wildman–Crippen LogP) is 2.59. The molecule has 110 valence electrons. The average Bonchev–Trinajstić information content (AvgIpc) is 2.34. The van der Waals surface area contributed by atoms with E-state index in [-0.39, 0.29) is 12.0 Å². The number of alkyl halides is 3. The molecule has 0 aliphatic rings. The first kappa shape index (κ1) is 16.5. The highest BCUT2D eigenvalue weighted by Gasteiger charge is 2.34. The van der Waals surface area contributed by atoms with Gasteiger partial charge < -0.3 is 0 Å². The van der Waals surface area contributed by atoms with E-state index >= 15 is 0 Å². The molecular weight excluding hydrogens is 293 g/mol. The molecule has 0 aliphatic heterocycles. The third kappa shape index (κ3) is 3.49. The largest absolute Gasteiger partial charge is 0.416 e. The molecule has 1 aromatic carbocycles. The van der Waals surface area contributed by atoms with E-state index in [1.54, 1.807) is 13.0 Å². The minimum Gasteiger partial charge on any atom is -0.207 e. The maximum Gasteiger partial charge on any atom is 0.416 e. The molecule has 20 heavy (non-hydrogen) atoms. The SMILES string of the molecule is CCC(C#N)NS(=O)(=O)c1cccc(C(F)(F)F)c1C. The van der Waals surface area contributed by atoms with Crippen LogP contribution in [0.25, 0.3) is 0 Å². The quantitative estimate of drug-likeness (QED) is 0.929. The van der Waals surface area contributed by atoms with Crippen molar-refractivity contribution in [3.8, 4) is 6.07 Å². The van der Waals surface area contributed by atoms with Crippen molar-refractivity contribution in [1.29, 1.82) is 5.26 Å². The van der Waals surface area contributed by atoms with Crippen molar-refractivity contribution >= 4 is 10.0 Å². The van der Waals surface area contributed by atoms with E-state index < -0.39 is 32.7 Å². The van der Waals surface area contributed by atoms with Crippen molar-refractivity contribution in [2.75, 3.05) is 0 Å². The Labute approximate surface area is 115 Å². The fourth-order valence-corrected chi connectivity index (χ4v) is 3.16. The number of benzene rings is 1. The van der Waals surface area contributed by atoms with Crippen LogP contribution in [-0.2, 0) is 16.2 Å². The van der Waals surface area contributed by atoms with Crippen LogP contribution in [0, 0.1) is 18.3 Å². The Morgan fingerprint density at radius 2 is 2.00 bits per heavy atom. The average molecular weight is 306 g/mol. The lowest BCUT2D eigenvalue weighted by Gasteiger charge is -2.15. The topological polar surface area (TPSA) is 70.0 Å². The highest BCUT2D eigenvalue weighted by molar-refractivity contribution is 7.89. The molecule has 1 unspecified atom stereocenters. The van der Waals surface area contributed by atoms with Crippen molar-refractivity contribution in [2.45, 2.75) is 37.4 Å². The number of halogens is 3. The van der Waals surface area contributed by atoms with Crippen molar-refractivity contribution in [2.24, 2.45) is 0 Å². The molecule has 4 nitrogen and oxygen atoms in total. The predicted molar refractivity (Wildman–Crippen MR) is 66.2 cm³/mol. The molecule has 1 aromatic rings. The van der Waals surface area contributed by atoms with E-state index in [2.05, 4.69) is 4.72 Å². The number of nitriles is 1. The molecule has 1 N–H and O–H groups in total. The second-order valence-corrected chi connectivity index (χ2v) is 5.82. The van der Waals surface area contributed by atoms with E-state index in [1.807, 2.05) is 0 Å². The lowest BCUT2D eigenvalue weighted by molar-refractivity contribution is -0.138. The van der Waals surface area contributed by atoms with Gasteiger partial charge in [0, 0.05) is 0 Å². The molecule has 0 saturated carbocycles. The smallest absolute Gasteiger partial charge is 0.207 e. The normalized spacial score (nSPS) is 13.8. The molecule has 1 atom stereocenters. The van der Waals surface area contributed by atoms with Crippen LogP contribution in [0.3, 0.4) is 0 Å². The van der Waals surface area contributed by atoms with Gasteiger partial charge in [0.05, 0.1) is 16.5 Å². The van der Waals surface area contributed by atoms with Crippen LogP contribution in [-0.4, -0.2) is 14.5 Å². The highest BCUT2D eigenvalue weighted by Crippen LogP contribution is 2.34. The minimum absolute atomic E-state index is 0.216. The van der Waals surface area contributed by atoms with Gasteiger partial charge in [-0.3, -0.25) is 0 Å². The van der Waals surface area contributed by atoms with E-state index in [0.29, 0.717) is 0 Å². The third-order valence-corrected chi connectivity index (χ3v) is 4.36. The fraction of sp³-hybridized carbons (Fsp3) is 0.417. The molecule has 0 amide bonds. The van der Waals surface area contributed by atoms with Gasteiger partial charge in [0.25, 0.3) is 0 Å². The first-order valence-corrected chi connectivity index (χ1v) is 7.20. The fourth-order valence-electron chi connectivity index (χ4n) is 1.66. The van der Waals surface area contributed by atoms with E-state index in [0.717, 1.165) is 25.1 Å². The van der Waals surface area contributed by atoms with Crippen LogP contribution in [0.5, 0.6) is 0 Å². The number of hydrogen-bond donors (Lipinski definition) is 1. The van der Waals surface area contributed by atoms with Gasteiger partial charge in [-0.25, -0.2) is 8.42 Å². The Hall–Kier alpha value is -1.59. The minimum atomic E-state index is -4.63. The lowest BCUT2D eigenvalue weighted by Crippen LogP contribution is -2.33. The molecule has 8 heteroatoms. The molecule has 0 bridgehead atoms. The van der Waals surface area contributed by atoms with Gasteiger partial charge in [-0.05, 0) is 31.0 Å². The van der Waals surface area contributed by atoms with Crippen LogP contribution in [0.2, 0.25) is 0 Å². The summed E-state index contributed by atoms with van der Waals surface area (Å²) in [4.78, 5) is -0.471. The molecule has 1 rings (SSSR count). The number of rotatable bonds is 4. The highest BCUT2D eigenvalue weighted by atomic mass is 32.2. The maximum atomic E-state index is 12.7. The molecule has 0 aromatic heterocycles. The molecule has 0 aliphatic carbocycles. The molecule has 0 spiro atoms. The van der Waals surface area contributed by atoms with E-state index in [1.165, 1.54) is 0 Å². The second kappa shape index (κ2) is 5.81. The molecule has 0 saturated heterocycles. The molecule has 0 radical (unpaired) electrons. The monoisotopic (exact) mass is 306 g/mol. The third-order valence-electron chi connectivity index (χ3n) is 2.74. The van der Waals surface area contributed by atoms with Gasteiger partial charge in [0.1, 0.15) is 6.04 Å². The number of nitrogens with one attached hydrogen (secondary N) is 1. The maximum absolute atomic E-state index is 12.7. The summed E-state index contributed by atoms with van der Waals surface area (Å²) in [6.45, 7) is 2.68. The summed E-state index contributed by atoms with van der Waals surface area (Å²) in [5, 5.41) is 8.73. The van der Waals surface area contributed by atoms with Crippen LogP contribution in [0.15, 0.2) is 23.1 Å². The number of nitrogens with zero attached hydrogens (tertiary/aromatic N) is 1. The number of sulfonamides is 1. The van der Waals surface area contributed by atoms with Gasteiger partial charge in [-0.1, -0.05) is 13.0 Å². The summed E-state index contributed by atoms with van der Waals surface area (Å²) in [5.41, 5.74) is -1.40. The van der Waals surface area contributed by atoms with Crippen molar-refractivity contribution in [1.82, 2.24) is 4.72 Å². The number of hydrogen-bond acceptors (Lipinski definition) is 3. The Morgan fingerprint density at radius 3 is 2.45 bits per heavy atom. The van der Waals surface area contributed by atoms with Gasteiger partial charge in [0.2, 0.25) is 10.0 Å². The van der Waals surface area contributed by atoms with Crippen molar-refractivity contribution in [3.63, 3.8) is 0 Å². The molecule has 0 fully saturated rings. The second-order valence-electron chi connectivity index (χ2n) is 4.14. The van der Waals surface area contributed by atoms with Crippen LogP contribution in [0.1, 0.15) is 24.5 Å². The van der Waals surface area contributed by atoms with Crippen LogP contribution in [0.4, 0.5) is 13.2 Å². The lowest BCUT2D eigenvalue weighted by atomic mass is 10.1. The molecular formula is C12H13F3N2O2S. The Bertz CT molecular complexity index is 633. The van der Waals surface area contributed by atoms with E-state index in [9.17, 15) is 21.6 Å². The summed E-state index contributed by atoms with van der Waals surface area (Å²) >= 11 is 0. The first-order valence-electron chi connectivity index (χ1n) is 5.72. The summed E-state index contributed by atoms with van der Waals surface area (Å²) in [6.07, 6.45) is -4.41. The van der Waals surface area contributed by atoms with Gasteiger partial charge in [-0.2, -0.15) is 23.2 Å². The Kier molecular flexibility index (Phi) is 4.78. The van der Waals surface area contributed by atoms with Crippen LogP contribution >= 0.6 is 0 Å². The molecule has 0 heterocycles. The zero-order chi connectivity index (χ0) is 15.6. The summed E-state index contributed by atoms with van der Waals surface area (Å²) in [6, 6.07) is 3.67. The zero-order valence-corrected chi connectivity index (χ0v) is 11.6. The van der Waals surface area contributed by atoms with Gasteiger partial charge in [0.15, 0.2) is 0 Å². The van der Waals surface area contributed by atoms with Crippen molar-refractivity contribution < 1.29 is 21.6 Å². The van der Waals surface area contributed by atoms with Crippen LogP contribution < -0.4 is 4.72 Å². The Balaban J connectivity index is 3.31. The summed E-state index contributed by atoms with van der Waals surface area (Å²) in [5.74, 6) is 0. The standard InChI is InChI=1S/C12H13F3N2O2S/c1-3-9(7-16)17-20(18,19)11-6-4-5-10(8(11)2)12(13,14)15/h4-6,9,17H,3H2,1-2H3. The van der Waals surface area contributed by atoms with Gasteiger partial charge in [-0.15, -0.1) is 0 Å². The summed E-state index contributed by atoms with van der Waals surface area (Å²) < 4.78 is 64.4. The van der Waals surface area contributed by atoms with Crippen molar-refractivity contribution in [3.05, 3.63) is 29.3 Å². The summed E-state index contributed by atoms with van der Waals surface area (Å²) in [7, 11) is -4.17. The van der Waals surface area contributed by atoms with E-state index in [4.69, 9.17) is 5.26 Å². The van der Waals surface area contributed by atoms with Gasteiger partial charge >= 0.3 is 6.18 Å². The Morgan fingerprint density at radius 1 is 1.40 bits per heavy atom. The zero-order valence-electron chi connectivity index (χ0n) is 10.8. The first-order chi connectivity index (χ1) is 9.13.